The van der Waals surface area contributed by atoms with Crippen LogP contribution in [0.4, 0.5) is 0 Å². The minimum Gasteiger partial charge on any atom is -0.493 e. The molecule has 130 valence electrons. The van der Waals surface area contributed by atoms with Gasteiger partial charge in [-0.05, 0) is 29.8 Å². The number of nitrogens with one attached hydrogen (secondary N) is 1. The van der Waals surface area contributed by atoms with Gasteiger partial charge in [-0.15, -0.1) is 12.4 Å². The number of benzene rings is 2. The van der Waals surface area contributed by atoms with Crippen molar-refractivity contribution in [1.82, 2.24) is 0 Å². The molecule has 0 heterocycles. The van der Waals surface area contributed by atoms with E-state index in [-0.39, 0.29) is 29.7 Å². The fourth-order valence-electron chi connectivity index (χ4n) is 2.03. The summed E-state index contributed by atoms with van der Waals surface area (Å²) in [6.07, 6.45) is 1.16. The van der Waals surface area contributed by atoms with E-state index in [1.807, 2.05) is 0 Å². The molecule has 0 spiro atoms. The predicted octanol–water partition coefficient (Wildman–Crippen LogP) is 2.38. The van der Waals surface area contributed by atoms with E-state index in [1.54, 1.807) is 30.3 Å². The minimum absolute atomic E-state index is 0. The number of rotatable bonds is 6. The number of methoxy groups -OCH3 is 1. The van der Waals surface area contributed by atoms with E-state index in [4.69, 9.17) is 20.6 Å². The van der Waals surface area contributed by atoms with Gasteiger partial charge in [-0.3, -0.25) is 5.41 Å². The maximum absolute atomic E-state index is 11.4. The number of ether oxygens (including phenoxy) is 2. The van der Waals surface area contributed by atoms with Crippen molar-refractivity contribution in [2.75, 3.05) is 13.4 Å². The van der Waals surface area contributed by atoms with E-state index in [2.05, 4.69) is 0 Å². The molecular formula is C16H19ClN2O4S. The Bertz CT molecular complexity index is 820. The molecule has 24 heavy (non-hydrogen) atoms. The molecule has 0 aromatic heterocycles. The van der Waals surface area contributed by atoms with Gasteiger partial charge >= 0.3 is 0 Å². The van der Waals surface area contributed by atoms with Gasteiger partial charge in [0.25, 0.3) is 0 Å². The summed E-state index contributed by atoms with van der Waals surface area (Å²) in [5, 5.41) is 7.60. The lowest BCUT2D eigenvalue weighted by Crippen LogP contribution is -2.13. The van der Waals surface area contributed by atoms with E-state index in [0.29, 0.717) is 17.1 Å². The van der Waals surface area contributed by atoms with Crippen LogP contribution in [0.3, 0.4) is 0 Å². The molecule has 0 amide bonds. The number of hydrogen-bond acceptors (Lipinski definition) is 5. The summed E-state index contributed by atoms with van der Waals surface area (Å²) in [6, 6.07) is 11.5. The van der Waals surface area contributed by atoms with Gasteiger partial charge in [0, 0.05) is 6.26 Å². The normalized spacial score (nSPS) is 10.6. The molecule has 6 nitrogen and oxygen atoms in total. The third-order valence-electron chi connectivity index (χ3n) is 3.22. The maximum atomic E-state index is 11.4. The molecule has 0 saturated heterocycles. The second-order valence-electron chi connectivity index (χ2n) is 4.96. The van der Waals surface area contributed by atoms with E-state index in [9.17, 15) is 8.42 Å². The fourth-order valence-corrected chi connectivity index (χ4v) is 2.66. The molecule has 2 aromatic rings. The van der Waals surface area contributed by atoms with E-state index >= 15 is 0 Å². The molecule has 2 rings (SSSR count). The van der Waals surface area contributed by atoms with Crippen LogP contribution in [0.1, 0.15) is 11.1 Å². The molecule has 0 aliphatic heterocycles. The molecule has 0 bridgehead atoms. The Hall–Kier alpha value is -2.25. The zero-order valence-corrected chi connectivity index (χ0v) is 14.9. The number of sulfone groups is 1. The van der Waals surface area contributed by atoms with Crippen LogP contribution >= 0.6 is 12.4 Å². The molecule has 0 saturated carbocycles. The van der Waals surface area contributed by atoms with Gasteiger partial charge in [0.15, 0.2) is 21.3 Å². The number of hydrogen-bond donors (Lipinski definition) is 2. The van der Waals surface area contributed by atoms with Gasteiger partial charge < -0.3 is 15.2 Å². The first-order chi connectivity index (χ1) is 10.8. The molecule has 2 aromatic carbocycles. The minimum atomic E-state index is -3.22. The molecule has 0 fully saturated rings. The molecule has 0 unspecified atom stereocenters. The third-order valence-corrected chi connectivity index (χ3v) is 4.35. The number of para-hydroxylation sites is 1. The van der Waals surface area contributed by atoms with Crippen molar-refractivity contribution >= 4 is 28.1 Å². The van der Waals surface area contributed by atoms with Gasteiger partial charge in [0.1, 0.15) is 12.4 Å². The summed E-state index contributed by atoms with van der Waals surface area (Å²) < 4.78 is 33.9. The molecule has 8 heteroatoms. The average Bonchev–Trinajstić information content (AvgIpc) is 2.52. The van der Waals surface area contributed by atoms with Crippen LogP contribution in [0.2, 0.25) is 0 Å². The Morgan fingerprint density at radius 3 is 2.29 bits per heavy atom. The van der Waals surface area contributed by atoms with Crippen molar-refractivity contribution in [3.8, 4) is 11.5 Å². The SMILES string of the molecule is COc1cccc(C(=N)N)c1OCc1ccc(S(C)(=O)=O)cc1.Cl. The highest BCUT2D eigenvalue weighted by Crippen LogP contribution is 2.31. The third kappa shape index (κ3) is 4.62. The largest absolute Gasteiger partial charge is 0.493 e. The van der Waals surface area contributed by atoms with Crippen molar-refractivity contribution in [1.29, 1.82) is 5.41 Å². The lowest BCUT2D eigenvalue weighted by molar-refractivity contribution is 0.284. The topological polar surface area (TPSA) is 102 Å². The number of nitrogens with two attached hydrogens (primary N) is 1. The summed E-state index contributed by atoms with van der Waals surface area (Å²) in [5.74, 6) is 0.742. The van der Waals surface area contributed by atoms with E-state index in [1.165, 1.54) is 19.2 Å². The summed E-state index contributed by atoms with van der Waals surface area (Å²) in [7, 11) is -1.71. The first kappa shape index (κ1) is 19.8. The highest BCUT2D eigenvalue weighted by Gasteiger charge is 2.13. The van der Waals surface area contributed by atoms with E-state index < -0.39 is 9.84 Å². The first-order valence-corrected chi connectivity index (χ1v) is 8.65. The van der Waals surface area contributed by atoms with Gasteiger partial charge in [-0.2, -0.15) is 0 Å². The van der Waals surface area contributed by atoms with Crippen LogP contribution in [-0.4, -0.2) is 27.6 Å². The molecule has 0 aliphatic rings. The Morgan fingerprint density at radius 1 is 1.17 bits per heavy atom. The molecule has 3 N–H and O–H groups in total. The van der Waals surface area contributed by atoms with Crippen LogP contribution in [0.5, 0.6) is 11.5 Å². The van der Waals surface area contributed by atoms with Crippen molar-refractivity contribution < 1.29 is 17.9 Å². The van der Waals surface area contributed by atoms with Crippen molar-refractivity contribution in [2.24, 2.45) is 5.73 Å². The molecule has 0 atom stereocenters. The monoisotopic (exact) mass is 370 g/mol. The van der Waals surface area contributed by atoms with Crippen LogP contribution < -0.4 is 15.2 Å². The smallest absolute Gasteiger partial charge is 0.175 e. The summed E-state index contributed by atoms with van der Waals surface area (Å²) in [6.45, 7) is 0.199. The lowest BCUT2D eigenvalue weighted by Gasteiger charge is -2.14. The zero-order chi connectivity index (χ0) is 17.0. The number of halogens is 1. The van der Waals surface area contributed by atoms with Crippen molar-refractivity contribution in [2.45, 2.75) is 11.5 Å². The Morgan fingerprint density at radius 2 is 1.79 bits per heavy atom. The van der Waals surface area contributed by atoms with Crippen LogP contribution in [0.15, 0.2) is 47.4 Å². The van der Waals surface area contributed by atoms with Gasteiger partial charge in [-0.1, -0.05) is 18.2 Å². The quantitative estimate of drug-likeness (QED) is 0.600. The van der Waals surface area contributed by atoms with E-state index in [0.717, 1.165) is 11.8 Å². The Kier molecular flexibility index (Phi) is 6.62. The second-order valence-corrected chi connectivity index (χ2v) is 6.97. The van der Waals surface area contributed by atoms with Crippen LogP contribution in [0.25, 0.3) is 0 Å². The Balaban J connectivity index is 0.00000288. The first-order valence-electron chi connectivity index (χ1n) is 6.76. The summed E-state index contributed by atoms with van der Waals surface area (Å²) in [5.41, 5.74) is 6.79. The predicted molar refractivity (Wildman–Crippen MR) is 95.1 cm³/mol. The molecular weight excluding hydrogens is 352 g/mol. The summed E-state index contributed by atoms with van der Waals surface area (Å²) in [4.78, 5) is 0.253. The zero-order valence-electron chi connectivity index (χ0n) is 13.3. The standard InChI is InChI=1S/C16H18N2O4S.ClH/c1-21-14-5-3-4-13(16(17)18)15(14)22-10-11-6-8-12(9-7-11)23(2,19)20;/h3-9H,10H2,1-2H3,(H3,17,18);1H. The maximum Gasteiger partial charge on any atom is 0.175 e. The molecule has 0 radical (unpaired) electrons. The fraction of sp³-hybridized carbons (Fsp3) is 0.188. The number of amidine groups is 1. The van der Waals surface area contributed by atoms with Crippen LogP contribution in [0, 0.1) is 5.41 Å². The average molecular weight is 371 g/mol. The van der Waals surface area contributed by atoms with Gasteiger partial charge in [-0.25, -0.2) is 8.42 Å². The second kappa shape index (κ2) is 8.03. The lowest BCUT2D eigenvalue weighted by atomic mass is 10.1. The molecule has 0 aliphatic carbocycles. The van der Waals surface area contributed by atoms with Crippen molar-refractivity contribution in [3.63, 3.8) is 0 Å². The van der Waals surface area contributed by atoms with Gasteiger partial charge in [0.2, 0.25) is 0 Å². The van der Waals surface area contributed by atoms with Gasteiger partial charge in [0.05, 0.1) is 17.6 Å². The Labute approximate surface area is 147 Å². The van der Waals surface area contributed by atoms with Crippen molar-refractivity contribution in [3.05, 3.63) is 53.6 Å². The highest BCUT2D eigenvalue weighted by atomic mass is 35.5. The summed E-state index contributed by atoms with van der Waals surface area (Å²) >= 11 is 0. The number of nitrogen functional groups attached to an aromatic ring is 1. The highest BCUT2D eigenvalue weighted by molar-refractivity contribution is 7.90. The van der Waals surface area contributed by atoms with Crippen LogP contribution in [-0.2, 0) is 16.4 Å².